The lowest BCUT2D eigenvalue weighted by Gasteiger charge is -2.19. The molecule has 0 aliphatic heterocycles. The first-order valence-corrected chi connectivity index (χ1v) is 7.22. The Labute approximate surface area is 115 Å². The van der Waals surface area contributed by atoms with Gasteiger partial charge in [0.15, 0.2) is 11.6 Å². The van der Waals surface area contributed by atoms with E-state index >= 15 is 0 Å². The summed E-state index contributed by atoms with van der Waals surface area (Å²) in [7, 11) is 1.51. The summed E-state index contributed by atoms with van der Waals surface area (Å²) in [6, 6.07) is 5.79. The van der Waals surface area contributed by atoms with Crippen LogP contribution in [0.15, 0.2) is 18.2 Å². The molecule has 1 aliphatic carbocycles. The molecule has 0 bridgehead atoms. The van der Waals surface area contributed by atoms with Crippen molar-refractivity contribution in [3.63, 3.8) is 0 Å². The van der Waals surface area contributed by atoms with E-state index in [1.165, 1.54) is 13.5 Å². The van der Waals surface area contributed by atoms with Crippen molar-refractivity contribution in [3.05, 3.63) is 29.6 Å². The van der Waals surface area contributed by atoms with Gasteiger partial charge >= 0.3 is 0 Å². The Morgan fingerprint density at radius 3 is 2.79 bits per heavy atom. The maximum atomic E-state index is 14.2. The Bertz CT molecular complexity index is 421. The number of rotatable bonds is 7. The van der Waals surface area contributed by atoms with Gasteiger partial charge in [0.05, 0.1) is 7.11 Å². The van der Waals surface area contributed by atoms with E-state index < -0.39 is 0 Å². The molecule has 3 unspecified atom stereocenters. The number of nitrogens with one attached hydrogen (secondary N) is 1. The zero-order chi connectivity index (χ0) is 13.8. The second kappa shape index (κ2) is 6.38. The second-order valence-electron chi connectivity index (χ2n) is 5.57. The van der Waals surface area contributed by atoms with Gasteiger partial charge in [-0.15, -0.1) is 0 Å². The van der Waals surface area contributed by atoms with Gasteiger partial charge in [0.1, 0.15) is 0 Å². The van der Waals surface area contributed by atoms with Crippen LogP contribution in [0.3, 0.4) is 0 Å². The predicted octanol–water partition coefficient (Wildman–Crippen LogP) is 3.40. The average molecular weight is 265 g/mol. The van der Waals surface area contributed by atoms with Gasteiger partial charge in [-0.25, -0.2) is 4.39 Å². The average Bonchev–Trinajstić information content (AvgIpc) is 3.13. The monoisotopic (exact) mass is 265 g/mol. The number of hydrogen-bond acceptors (Lipinski definition) is 2. The van der Waals surface area contributed by atoms with Crippen molar-refractivity contribution in [1.82, 2.24) is 5.32 Å². The van der Waals surface area contributed by atoms with Crippen LogP contribution in [0.5, 0.6) is 5.75 Å². The highest BCUT2D eigenvalue weighted by molar-refractivity contribution is 5.31. The van der Waals surface area contributed by atoms with Crippen LogP contribution in [0, 0.1) is 17.7 Å². The Morgan fingerprint density at radius 2 is 2.21 bits per heavy atom. The van der Waals surface area contributed by atoms with Crippen molar-refractivity contribution in [3.8, 4) is 5.75 Å². The maximum absolute atomic E-state index is 14.2. The molecular weight excluding hydrogens is 241 g/mol. The lowest BCUT2D eigenvalue weighted by Crippen LogP contribution is -2.34. The lowest BCUT2D eigenvalue weighted by atomic mass is 10.00. The molecule has 0 spiro atoms. The summed E-state index contributed by atoms with van der Waals surface area (Å²) in [5.41, 5.74) is 0.757. The van der Waals surface area contributed by atoms with Gasteiger partial charge in [-0.05, 0) is 49.3 Å². The smallest absolute Gasteiger partial charge is 0.168 e. The molecule has 3 atom stereocenters. The molecule has 0 radical (unpaired) electrons. The quantitative estimate of drug-likeness (QED) is 0.816. The van der Waals surface area contributed by atoms with E-state index in [0.717, 1.165) is 30.9 Å². The number of hydrogen-bond donors (Lipinski definition) is 1. The van der Waals surface area contributed by atoms with Crippen molar-refractivity contribution in [2.75, 3.05) is 13.7 Å². The Balaban J connectivity index is 2.08. The van der Waals surface area contributed by atoms with Crippen molar-refractivity contribution in [2.45, 2.75) is 39.2 Å². The van der Waals surface area contributed by atoms with Crippen LogP contribution < -0.4 is 10.1 Å². The zero-order valence-electron chi connectivity index (χ0n) is 12.1. The molecule has 1 aromatic rings. The highest BCUT2D eigenvalue weighted by atomic mass is 19.1. The molecule has 1 N–H and O–H groups in total. The van der Waals surface area contributed by atoms with Gasteiger partial charge in [-0.2, -0.15) is 0 Å². The molecule has 0 amide bonds. The minimum atomic E-state index is -0.207. The molecule has 1 saturated carbocycles. The van der Waals surface area contributed by atoms with Crippen LogP contribution >= 0.6 is 0 Å². The van der Waals surface area contributed by atoms with E-state index in [9.17, 15) is 4.39 Å². The van der Waals surface area contributed by atoms with E-state index in [1.807, 2.05) is 12.1 Å². The molecule has 2 nitrogen and oxygen atoms in total. The molecule has 1 aliphatic rings. The summed E-state index contributed by atoms with van der Waals surface area (Å²) in [4.78, 5) is 0. The van der Waals surface area contributed by atoms with Crippen LogP contribution in [0.25, 0.3) is 0 Å². The third kappa shape index (κ3) is 3.47. The van der Waals surface area contributed by atoms with Crippen LogP contribution in [-0.2, 0) is 6.42 Å². The van der Waals surface area contributed by atoms with Gasteiger partial charge in [0, 0.05) is 6.04 Å². The zero-order valence-corrected chi connectivity index (χ0v) is 12.1. The molecular formula is C16H24FNO. The first-order valence-electron chi connectivity index (χ1n) is 7.22. The highest BCUT2D eigenvalue weighted by Gasteiger charge is 2.39. The van der Waals surface area contributed by atoms with Crippen LogP contribution in [0.2, 0.25) is 0 Å². The molecule has 0 saturated heterocycles. The summed E-state index contributed by atoms with van der Waals surface area (Å²) in [5, 5.41) is 3.57. The van der Waals surface area contributed by atoms with E-state index in [-0.39, 0.29) is 5.82 Å². The Kier molecular flexibility index (Phi) is 4.81. The summed E-state index contributed by atoms with van der Waals surface area (Å²) < 4.78 is 19.2. The first-order chi connectivity index (χ1) is 9.17. The number of ether oxygens (including phenoxy) is 1. The second-order valence-corrected chi connectivity index (χ2v) is 5.57. The van der Waals surface area contributed by atoms with Gasteiger partial charge in [-0.3, -0.25) is 0 Å². The van der Waals surface area contributed by atoms with Gasteiger partial charge < -0.3 is 10.1 Å². The van der Waals surface area contributed by atoms with Gasteiger partial charge in [-0.1, -0.05) is 26.0 Å². The number of methoxy groups -OCH3 is 1. The fourth-order valence-corrected chi connectivity index (χ4v) is 2.72. The molecule has 0 aromatic heterocycles. The fourth-order valence-electron chi connectivity index (χ4n) is 2.72. The maximum Gasteiger partial charge on any atom is 0.168 e. The standard InChI is InChI=1S/C16H24FNO/c1-4-8-18-14(13-9-11(13)2)10-12-6-5-7-15(19-3)16(12)17/h5-7,11,13-14,18H,4,8-10H2,1-3H3. The van der Waals surface area contributed by atoms with Crippen molar-refractivity contribution in [1.29, 1.82) is 0 Å². The molecule has 0 heterocycles. The largest absolute Gasteiger partial charge is 0.494 e. The number of halogens is 1. The van der Waals surface area contributed by atoms with Crippen molar-refractivity contribution < 1.29 is 9.13 Å². The third-order valence-electron chi connectivity index (χ3n) is 4.05. The Morgan fingerprint density at radius 1 is 1.47 bits per heavy atom. The minimum absolute atomic E-state index is 0.207. The summed E-state index contributed by atoms with van der Waals surface area (Å²) in [6.07, 6.45) is 3.11. The molecule has 1 aromatic carbocycles. The van der Waals surface area contributed by atoms with Crippen LogP contribution in [0.1, 0.15) is 32.3 Å². The van der Waals surface area contributed by atoms with Gasteiger partial charge in [0.2, 0.25) is 0 Å². The Hall–Kier alpha value is -1.09. The molecule has 2 rings (SSSR count). The molecule has 1 fully saturated rings. The molecule has 19 heavy (non-hydrogen) atoms. The molecule has 106 valence electrons. The number of benzene rings is 1. The van der Waals surface area contributed by atoms with Crippen molar-refractivity contribution in [2.24, 2.45) is 11.8 Å². The third-order valence-corrected chi connectivity index (χ3v) is 4.05. The van der Waals surface area contributed by atoms with Gasteiger partial charge in [0.25, 0.3) is 0 Å². The van der Waals surface area contributed by atoms with Crippen LogP contribution in [0.4, 0.5) is 4.39 Å². The van der Waals surface area contributed by atoms with Crippen LogP contribution in [-0.4, -0.2) is 19.7 Å². The van der Waals surface area contributed by atoms with E-state index in [1.54, 1.807) is 6.07 Å². The molecule has 3 heteroatoms. The van der Waals surface area contributed by atoms with E-state index in [2.05, 4.69) is 19.2 Å². The lowest BCUT2D eigenvalue weighted by molar-refractivity contribution is 0.379. The SMILES string of the molecule is CCCNC(Cc1cccc(OC)c1F)C1CC1C. The van der Waals surface area contributed by atoms with E-state index in [4.69, 9.17) is 4.74 Å². The highest BCUT2D eigenvalue weighted by Crippen LogP contribution is 2.41. The predicted molar refractivity (Wildman–Crippen MR) is 76.0 cm³/mol. The van der Waals surface area contributed by atoms with E-state index in [0.29, 0.717) is 17.7 Å². The van der Waals surface area contributed by atoms with Crippen molar-refractivity contribution >= 4 is 0 Å². The summed E-state index contributed by atoms with van der Waals surface area (Å²) >= 11 is 0. The first kappa shape index (κ1) is 14.3. The summed E-state index contributed by atoms with van der Waals surface area (Å²) in [6.45, 7) is 5.43. The fraction of sp³-hybridized carbons (Fsp3) is 0.625. The summed E-state index contributed by atoms with van der Waals surface area (Å²) in [5.74, 6) is 1.59. The topological polar surface area (TPSA) is 21.3 Å². The normalized spacial score (nSPS) is 23.2. The minimum Gasteiger partial charge on any atom is -0.494 e.